The van der Waals surface area contributed by atoms with Gasteiger partial charge < -0.3 is 30.1 Å². The van der Waals surface area contributed by atoms with Gasteiger partial charge >= 0.3 is 0 Å². The first kappa shape index (κ1) is 30.0. The van der Waals surface area contributed by atoms with Crippen LogP contribution < -0.4 is 15.7 Å². The number of allylic oxidation sites excluding steroid dienone is 5. The molecule has 3 N–H and O–H groups in total. The minimum Gasteiger partial charge on any atom is -0.829 e. The number of amidine groups is 1. The zero-order valence-corrected chi connectivity index (χ0v) is 22.1. The summed E-state index contributed by atoms with van der Waals surface area (Å²) < 4.78 is 25.4. The van der Waals surface area contributed by atoms with E-state index in [2.05, 4.69) is 17.2 Å². The first-order valence-corrected chi connectivity index (χ1v) is 12.5. The maximum absolute atomic E-state index is 14.6. The molecule has 0 radical (unpaired) electrons. The first-order valence-electron chi connectivity index (χ1n) is 12.5. The Morgan fingerprint density at radius 2 is 2.14 bits per heavy atom. The van der Waals surface area contributed by atoms with E-state index < -0.39 is 29.5 Å². The summed E-state index contributed by atoms with van der Waals surface area (Å²) in [6.07, 6.45) is 9.30. The molecule has 2 amide bonds. The normalized spacial score (nSPS) is 17.2. The maximum Gasteiger partial charge on any atom is 0.251 e. The van der Waals surface area contributed by atoms with E-state index in [0.717, 1.165) is 0 Å². The summed E-state index contributed by atoms with van der Waals surface area (Å²) in [4.78, 5) is 27.1. The third-order valence-electron chi connectivity index (χ3n) is 5.52. The van der Waals surface area contributed by atoms with Crippen molar-refractivity contribution in [3.05, 3.63) is 60.0 Å². The molecule has 10 heteroatoms. The van der Waals surface area contributed by atoms with Crippen molar-refractivity contribution in [2.75, 3.05) is 19.7 Å². The minimum absolute atomic E-state index is 0.0283. The molecule has 0 spiro atoms. The summed E-state index contributed by atoms with van der Waals surface area (Å²) in [7, 11) is 0. The third-order valence-corrected chi connectivity index (χ3v) is 5.52. The van der Waals surface area contributed by atoms with Crippen molar-refractivity contribution in [3.8, 4) is 0 Å². The quantitative estimate of drug-likeness (QED) is 0.141. The standard InChI is InChI=1S/C27H38FN4O5/c1-6-19-9-7-10-22(25(19)28)37-20-16-24(33)32(17-20)21(15-18(2)3)26(34)31-23(29)11-13-30-12-8-14-36-27(4,5)35/h6,9,11,13,16,18,21,30H,1,7-8,10,12,14-15,17H2,2-5H3,(H2,29,31,34)/q-1/b13-11-/t21-/m0/s1. The van der Waals surface area contributed by atoms with Gasteiger partial charge in [0.2, 0.25) is 5.91 Å². The minimum atomic E-state index is -1.43. The number of carbonyl (C=O) groups excluding carboxylic acids is 2. The maximum atomic E-state index is 14.6. The van der Waals surface area contributed by atoms with Crippen molar-refractivity contribution >= 4 is 17.6 Å². The number of carbonyl (C=O) groups is 2. The summed E-state index contributed by atoms with van der Waals surface area (Å²) in [5.41, 5.74) is 0.362. The Bertz CT molecular complexity index is 991. The molecule has 0 bridgehead atoms. The first-order chi connectivity index (χ1) is 17.4. The van der Waals surface area contributed by atoms with E-state index in [4.69, 9.17) is 14.9 Å². The molecule has 0 unspecified atom stereocenters. The number of amides is 2. The van der Waals surface area contributed by atoms with Crippen LogP contribution in [0.4, 0.5) is 4.39 Å². The number of ether oxygens (including phenoxy) is 2. The molecule has 0 aromatic carbocycles. The molecule has 2 aliphatic rings. The molecule has 37 heavy (non-hydrogen) atoms. The highest BCUT2D eigenvalue weighted by Crippen LogP contribution is 2.31. The molecule has 2 rings (SSSR count). The second-order valence-electron chi connectivity index (χ2n) is 9.76. The van der Waals surface area contributed by atoms with Gasteiger partial charge in [0, 0.05) is 37.4 Å². The average molecular weight is 518 g/mol. The number of rotatable bonds is 14. The van der Waals surface area contributed by atoms with Crippen molar-refractivity contribution < 1.29 is 28.6 Å². The van der Waals surface area contributed by atoms with Gasteiger partial charge in [-0.2, -0.15) is 0 Å². The zero-order valence-electron chi connectivity index (χ0n) is 22.1. The molecule has 1 aliphatic carbocycles. The number of hydrogen-bond donors (Lipinski definition) is 3. The van der Waals surface area contributed by atoms with E-state index in [1.165, 1.54) is 43.2 Å². The molecular formula is C27H38FN4O5-. The van der Waals surface area contributed by atoms with Gasteiger partial charge in [0.15, 0.2) is 5.83 Å². The molecule has 1 aliphatic heterocycles. The summed E-state index contributed by atoms with van der Waals surface area (Å²) in [6.45, 7) is 11.2. The van der Waals surface area contributed by atoms with E-state index in [1.54, 1.807) is 6.08 Å². The monoisotopic (exact) mass is 517 g/mol. The fourth-order valence-corrected chi connectivity index (χ4v) is 3.78. The highest BCUT2D eigenvalue weighted by Gasteiger charge is 2.35. The van der Waals surface area contributed by atoms with Crippen LogP contribution in [0.3, 0.4) is 0 Å². The van der Waals surface area contributed by atoms with E-state index >= 15 is 0 Å². The number of nitrogens with zero attached hydrogens (tertiary/aromatic N) is 1. The lowest BCUT2D eigenvalue weighted by atomic mass is 10.0. The van der Waals surface area contributed by atoms with Gasteiger partial charge in [-0.25, -0.2) is 4.39 Å². The van der Waals surface area contributed by atoms with E-state index in [9.17, 15) is 19.1 Å². The third kappa shape index (κ3) is 9.97. The topological polar surface area (TPSA) is 127 Å². The fourth-order valence-electron chi connectivity index (χ4n) is 3.78. The fraction of sp³-hybridized carbons (Fsp3) is 0.519. The van der Waals surface area contributed by atoms with Gasteiger partial charge in [0.1, 0.15) is 23.4 Å². The van der Waals surface area contributed by atoms with Crippen molar-refractivity contribution in [2.45, 2.75) is 65.2 Å². The Morgan fingerprint density at radius 1 is 1.41 bits per heavy atom. The van der Waals surface area contributed by atoms with Crippen LogP contribution in [0.1, 0.15) is 53.4 Å². The summed E-state index contributed by atoms with van der Waals surface area (Å²) in [6, 6.07) is -0.826. The van der Waals surface area contributed by atoms with Crippen molar-refractivity contribution in [3.63, 3.8) is 0 Å². The van der Waals surface area contributed by atoms with Crippen LogP contribution in [0.2, 0.25) is 0 Å². The largest absolute Gasteiger partial charge is 0.829 e. The predicted molar refractivity (Wildman–Crippen MR) is 137 cm³/mol. The Labute approximate surface area is 218 Å². The molecule has 0 aromatic heterocycles. The zero-order chi connectivity index (χ0) is 27.6. The van der Waals surface area contributed by atoms with Crippen molar-refractivity contribution in [1.29, 1.82) is 5.41 Å². The molecule has 1 heterocycles. The van der Waals surface area contributed by atoms with Crippen molar-refractivity contribution in [2.24, 2.45) is 5.92 Å². The molecule has 0 fully saturated rings. The summed E-state index contributed by atoms with van der Waals surface area (Å²) in [5.74, 6) is -2.45. The van der Waals surface area contributed by atoms with E-state index in [0.29, 0.717) is 44.4 Å². The predicted octanol–water partition coefficient (Wildman–Crippen LogP) is 2.93. The lowest BCUT2D eigenvalue weighted by Crippen LogP contribution is -2.49. The molecule has 1 atom stereocenters. The molecule has 9 nitrogen and oxygen atoms in total. The number of hydrogen-bond acceptors (Lipinski definition) is 7. The average Bonchev–Trinajstić information content (AvgIpc) is 3.16. The molecule has 204 valence electrons. The molecular weight excluding hydrogens is 479 g/mol. The van der Waals surface area contributed by atoms with Crippen LogP contribution >= 0.6 is 0 Å². The lowest BCUT2D eigenvalue weighted by molar-refractivity contribution is -0.542. The van der Waals surface area contributed by atoms with Crippen LogP contribution in [0.5, 0.6) is 0 Å². The van der Waals surface area contributed by atoms with Gasteiger partial charge in [0.25, 0.3) is 5.91 Å². The Morgan fingerprint density at radius 3 is 2.78 bits per heavy atom. The van der Waals surface area contributed by atoms with Crippen LogP contribution in [-0.2, 0) is 19.1 Å². The lowest BCUT2D eigenvalue weighted by Gasteiger charge is -2.31. The summed E-state index contributed by atoms with van der Waals surface area (Å²) >= 11 is 0. The van der Waals surface area contributed by atoms with Crippen LogP contribution in [0.25, 0.3) is 0 Å². The number of nitrogens with one attached hydrogen (secondary N) is 3. The Hall–Kier alpha value is -3.24. The van der Waals surface area contributed by atoms with Gasteiger partial charge in [-0.3, -0.25) is 15.0 Å². The second kappa shape index (κ2) is 13.9. The SMILES string of the molecule is C=CC1=CCCC(OC2=CC(=O)N([C@@H](CC(C)C)C(=O)NC(=N)/C=C\NCCCOC(C)(C)[O-])C2)=C1F. The van der Waals surface area contributed by atoms with Crippen LogP contribution in [0, 0.1) is 11.3 Å². The Kier molecular flexibility index (Phi) is 11.3. The van der Waals surface area contributed by atoms with Gasteiger partial charge in [-0.1, -0.05) is 46.4 Å². The van der Waals surface area contributed by atoms with Crippen LogP contribution in [-0.4, -0.2) is 54.1 Å². The molecule has 0 saturated heterocycles. The second-order valence-corrected chi connectivity index (χ2v) is 9.76. The van der Waals surface area contributed by atoms with E-state index in [-0.39, 0.29) is 29.8 Å². The van der Waals surface area contributed by atoms with Gasteiger partial charge in [-0.15, -0.1) is 0 Å². The van der Waals surface area contributed by atoms with Gasteiger partial charge in [-0.05, 0) is 37.0 Å². The molecule has 0 aromatic rings. The van der Waals surface area contributed by atoms with E-state index in [1.807, 2.05) is 13.8 Å². The smallest absolute Gasteiger partial charge is 0.251 e. The van der Waals surface area contributed by atoms with Gasteiger partial charge in [0.05, 0.1) is 6.54 Å². The Balaban J connectivity index is 1.93. The van der Waals surface area contributed by atoms with Crippen molar-refractivity contribution in [1.82, 2.24) is 15.5 Å². The highest BCUT2D eigenvalue weighted by molar-refractivity contribution is 6.05. The highest BCUT2D eigenvalue weighted by atomic mass is 19.1. The van der Waals surface area contributed by atoms with Crippen LogP contribution in [0.15, 0.2) is 60.0 Å². The summed E-state index contributed by atoms with van der Waals surface area (Å²) in [5, 5.41) is 24.9. The molecule has 0 saturated carbocycles. The number of halogens is 1.